The largest absolute Gasteiger partial charge is 0.399 e. The molecule has 2 aromatic rings. The summed E-state index contributed by atoms with van der Waals surface area (Å²) in [5, 5.41) is 3.49. The Morgan fingerprint density at radius 2 is 1.67 bits per heavy atom. The van der Waals surface area contributed by atoms with Crippen LogP contribution in [0.3, 0.4) is 0 Å². The smallest absolute Gasteiger partial charge is 0.0449 e. The molecule has 0 saturated carbocycles. The Kier molecular flexibility index (Phi) is 3.56. The number of nitrogens with one attached hydrogen (secondary N) is 1. The lowest BCUT2D eigenvalue weighted by Gasteiger charge is -2.17. The van der Waals surface area contributed by atoms with Crippen LogP contribution in [0.5, 0.6) is 0 Å². The Labute approximate surface area is 109 Å². The van der Waals surface area contributed by atoms with Crippen LogP contribution in [0.1, 0.15) is 30.9 Å². The minimum Gasteiger partial charge on any atom is -0.399 e. The minimum absolute atomic E-state index is 0.501. The molecule has 0 aliphatic heterocycles. The first-order valence-electron chi connectivity index (χ1n) is 6.30. The third kappa shape index (κ3) is 2.65. The number of nitrogen functional groups attached to an aromatic ring is 1. The summed E-state index contributed by atoms with van der Waals surface area (Å²) in [7, 11) is 0. The van der Waals surface area contributed by atoms with Gasteiger partial charge in [-0.15, -0.1) is 0 Å². The van der Waals surface area contributed by atoms with Gasteiger partial charge in [0.25, 0.3) is 0 Å². The number of para-hydroxylation sites is 1. The van der Waals surface area contributed by atoms with Crippen molar-refractivity contribution in [2.75, 3.05) is 11.1 Å². The predicted molar refractivity (Wildman–Crippen MR) is 79.4 cm³/mol. The van der Waals surface area contributed by atoms with Crippen molar-refractivity contribution in [1.29, 1.82) is 0 Å². The molecule has 2 nitrogen and oxygen atoms in total. The van der Waals surface area contributed by atoms with Gasteiger partial charge in [-0.3, -0.25) is 0 Å². The number of nitrogens with two attached hydrogens (primary N) is 1. The number of benzene rings is 2. The molecule has 0 radical (unpaired) electrons. The van der Waals surface area contributed by atoms with Gasteiger partial charge in [0.05, 0.1) is 0 Å². The highest BCUT2D eigenvalue weighted by molar-refractivity contribution is 5.68. The second-order valence-electron chi connectivity index (χ2n) is 4.94. The molecule has 0 fully saturated rings. The predicted octanol–water partition coefficient (Wildman–Crippen LogP) is 4.44. The van der Waals surface area contributed by atoms with Gasteiger partial charge in [-0.1, -0.05) is 32.0 Å². The molecule has 0 aliphatic carbocycles. The average Bonchev–Trinajstić information content (AvgIpc) is 2.34. The summed E-state index contributed by atoms with van der Waals surface area (Å²) < 4.78 is 0. The quantitative estimate of drug-likeness (QED) is 0.778. The Hall–Kier alpha value is -1.96. The Morgan fingerprint density at radius 3 is 2.28 bits per heavy atom. The number of aryl methyl sites for hydroxylation is 1. The molecule has 0 bridgehead atoms. The van der Waals surface area contributed by atoms with E-state index in [0.29, 0.717) is 5.92 Å². The lowest BCUT2D eigenvalue weighted by atomic mass is 9.98. The highest BCUT2D eigenvalue weighted by Crippen LogP contribution is 2.30. The van der Waals surface area contributed by atoms with E-state index in [9.17, 15) is 0 Å². The molecule has 94 valence electrons. The molecule has 0 aromatic heterocycles. The van der Waals surface area contributed by atoms with Crippen molar-refractivity contribution in [3.63, 3.8) is 0 Å². The van der Waals surface area contributed by atoms with Crippen molar-refractivity contribution in [3.05, 3.63) is 53.6 Å². The summed E-state index contributed by atoms with van der Waals surface area (Å²) >= 11 is 0. The summed E-state index contributed by atoms with van der Waals surface area (Å²) in [5.41, 5.74) is 11.4. The van der Waals surface area contributed by atoms with Gasteiger partial charge in [0.2, 0.25) is 0 Å². The fraction of sp³-hybridized carbons (Fsp3) is 0.250. The van der Waals surface area contributed by atoms with E-state index in [2.05, 4.69) is 44.3 Å². The number of rotatable bonds is 3. The zero-order chi connectivity index (χ0) is 13.1. The maximum atomic E-state index is 5.70. The van der Waals surface area contributed by atoms with Crippen molar-refractivity contribution >= 4 is 17.1 Å². The van der Waals surface area contributed by atoms with Crippen LogP contribution in [-0.2, 0) is 0 Å². The van der Waals surface area contributed by atoms with Crippen LogP contribution in [0.15, 0.2) is 42.5 Å². The van der Waals surface area contributed by atoms with Gasteiger partial charge in [0, 0.05) is 17.1 Å². The second-order valence-corrected chi connectivity index (χ2v) is 4.94. The molecule has 2 rings (SSSR count). The summed E-state index contributed by atoms with van der Waals surface area (Å²) in [6, 6.07) is 14.3. The van der Waals surface area contributed by atoms with Gasteiger partial charge in [-0.25, -0.2) is 0 Å². The first-order valence-corrected chi connectivity index (χ1v) is 6.30. The molecule has 2 aromatic carbocycles. The third-order valence-corrected chi connectivity index (χ3v) is 3.11. The van der Waals surface area contributed by atoms with Crippen molar-refractivity contribution in [1.82, 2.24) is 0 Å². The van der Waals surface area contributed by atoms with Gasteiger partial charge in [0.1, 0.15) is 0 Å². The van der Waals surface area contributed by atoms with Crippen molar-refractivity contribution in [2.24, 2.45) is 0 Å². The monoisotopic (exact) mass is 240 g/mol. The van der Waals surface area contributed by atoms with E-state index in [-0.39, 0.29) is 0 Å². The van der Waals surface area contributed by atoms with E-state index in [1.54, 1.807) is 0 Å². The van der Waals surface area contributed by atoms with Gasteiger partial charge in [0.15, 0.2) is 0 Å². The molecule has 0 unspecified atom stereocenters. The maximum absolute atomic E-state index is 5.70. The van der Waals surface area contributed by atoms with Gasteiger partial charge in [-0.2, -0.15) is 0 Å². The Balaban J connectivity index is 2.36. The molecule has 3 N–H and O–H groups in total. The number of hydrogen-bond acceptors (Lipinski definition) is 2. The van der Waals surface area contributed by atoms with Crippen LogP contribution in [0, 0.1) is 6.92 Å². The van der Waals surface area contributed by atoms with Gasteiger partial charge in [-0.05, 0) is 48.2 Å². The van der Waals surface area contributed by atoms with Crippen molar-refractivity contribution < 1.29 is 0 Å². The van der Waals surface area contributed by atoms with E-state index in [1.807, 2.05) is 24.3 Å². The van der Waals surface area contributed by atoms with Crippen LogP contribution in [0.25, 0.3) is 0 Å². The Bertz CT molecular complexity index is 527. The minimum atomic E-state index is 0.501. The molecule has 0 amide bonds. The normalized spacial score (nSPS) is 10.7. The van der Waals surface area contributed by atoms with Crippen molar-refractivity contribution in [2.45, 2.75) is 26.7 Å². The van der Waals surface area contributed by atoms with Gasteiger partial charge < -0.3 is 11.1 Å². The van der Waals surface area contributed by atoms with E-state index in [4.69, 9.17) is 5.73 Å². The number of anilines is 3. The molecule has 0 heterocycles. The lowest BCUT2D eigenvalue weighted by Crippen LogP contribution is -2.00. The lowest BCUT2D eigenvalue weighted by molar-refractivity contribution is 0.867. The summed E-state index contributed by atoms with van der Waals surface area (Å²) in [5.74, 6) is 0.501. The molecule has 0 atom stereocenters. The second kappa shape index (κ2) is 5.13. The molecule has 18 heavy (non-hydrogen) atoms. The zero-order valence-corrected chi connectivity index (χ0v) is 11.2. The number of hydrogen-bond donors (Lipinski definition) is 2. The standard InChI is InChI=1S/C16H20N2/c1-11(2)15-6-4-5-12(3)16(15)18-14-9-7-13(17)8-10-14/h4-11,18H,17H2,1-3H3. The molecule has 0 spiro atoms. The Morgan fingerprint density at radius 1 is 1.00 bits per heavy atom. The molecule has 0 saturated heterocycles. The van der Waals surface area contributed by atoms with Crippen LogP contribution in [-0.4, -0.2) is 0 Å². The molecular formula is C16H20N2. The SMILES string of the molecule is Cc1cccc(C(C)C)c1Nc1ccc(N)cc1. The van der Waals surface area contributed by atoms with Crippen LogP contribution < -0.4 is 11.1 Å². The summed E-state index contributed by atoms with van der Waals surface area (Å²) in [6.45, 7) is 6.55. The fourth-order valence-corrected chi connectivity index (χ4v) is 2.05. The zero-order valence-electron chi connectivity index (χ0n) is 11.2. The first-order chi connectivity index (χ1) is 8.58. The van der Waals surface area contributed by atoms with E-state index in [1.165, 1.54) is 16.8 Å². The summed E-state index contributed by atoms with van der Waals surface area (Å²) in [6.07, 6.45) is 0. The van der Waals surface area contributed by atoms with Crippen molar-refractivity contribution in [3.8, 4) is 0 Å². The third-order valence-electron chi connectivity index (χ3n) is 3.11. The van der Waals surface area contributed by atoms with Gasteiger partial charge >= 0.3 is 0 Å². The topological polar surface area (TPSA) is 38.0 Å². The van der Waals surface area contributed by atoms with Crippen LogP contribution >= 0.6 is 0 Å². The van der Waals surface area contributed by atoms with E-state index < -0.39 is 0 Å². The van der Waals surface area contributed by atoms with Crippen LogP contribution in [0.4, 0.5) is 17.1 Å². The molecule has 0 aliphatic rings. The highest BCUT2D eigenvalue weighted by Gasteiger charge is 2.08. The van der Waals surface area contributed by atoms with Crippen LogP contribution in [0.2, 0.25) is 0 Å². The summed E-state index contributed by atoms with van der Waals surface area (Å²) in [4.78, 5) is 0. The van der Waals surface area contributed by atoms with E-state index in [0.717, 1.165) is 11.4 Å². The molecular weight excluding hydrogens is 220 g/mol. The fourth-order valence-electron chi connectivity index (χ4n) is 2.05. The first kappa shape index (κ1) is 12.5. The average molecular weight is 240 g/mol. The maximum Gasteiger partial charge on any atom is 0.0449 e. The van der Waals surface area contributed by atoms with E-state index >= 15 is 0 Å². The molecule has 2 heteroatoms. The highest BCUT2D eigenvalue weighted by atomic mass is 14.9.